The first-order valence-corrected chi connectivity index (χ1v) is 15.9. The summed E-state index contributed by atoms with van der Waals surface area (Å²) in [6.45, 7) is -0.928. The zero-order valence-corrected chi connectivity index (χ0v) is 25.2. The van der Waals surface area contributed by atoms with Crippen LogP contribution >= 0.6 is 0 Å². The van der Waals surface area contributed by atoms with Gasteiger partial charge >= 0.3 is 6.18 Å². The van der Waals surface area contributed by atoms with Gasteiger partial charge in [-0.1, -0.05) is 5.57 Å². The Balaban J connectivity index is 1.47. The second-order valence-corrected chi connectivity index (χ2v) is 13.7. The maximum absolute atomic E-state index is 14.5. The van der Waals surface area contributed by atoms with Crippen molar-refractivity contribution in [1.29, 1.82) is 0 Å². The molecular weight excluding hydrogens is 634 g/mol. The number of nitrogens with zero attached hydrogens (tertiary/aromatic N) is 6. The first-order chi connectivity index (χ1) is 21.7. The van der Waals surface area contributed by atoms with Gasteiger partial charge in [0.1, 0.15) is 11.5 Å². The van der Waals surface area contributed by atoms with Gasteiger partial charge in [0.15, 0.2) is 10.8 Å². The summed E-state index contributed by atoms with van der Waals surface area (Å²) in [6, 6.07) is 7.58. The van der Waals surface area contributed by atoms with Crippen LogP contribution in [0.5, 0.6) is 0 Å². The predicted octanol–water partition coefficient (Wildman–Crippen LogP) is 5.78. The molecule has 6 rings (SSSR count). The molecule has 15 heteroatoms. The second-order valence-electron chi connectivity index (χ2n) is 11.5. The average molecular weight is 663 g/mol. The van der Waals surface area contributed by atoms with Crippen LogP contribution in [0, 0.1) is 11.2 Å². The molecular formula is C31H28F6N6O2S. The molecule has 1 aromatic carbocycles. The minimum absolute atomic E-state index is 0.0107. The summed E-state index contributed by atoms with van der Waals surface area (Å²) >= 11 is 0. The Morgan fingerprint density at radius 2 is 1.93 bits per heavy atom. The normalized spacial score (nSPS) is 21.1. The third kappa shape index (κ3) is 5.66. The Morgan fingerprint density at radius 3 is 2.59 bits per heavy atom. The highest BCUT2D eigenvalue weighted by Crippen LogP contribution is 2.51. The number of Topliss-reactive ketones (excluding diaryl/α,β-unsaturated/α-hetero) is 1. The molecule has 1 unspecified atom stereocenters. The molecule has 0 amide bonds. The maximum Gasteiger partial charge on any atom is 0.416 e. The van der Waals surface area contributed by atoms with E-state index in [1.54, 1.807) is 17.8 Å². The van der Waals surface area contributed by atoms with Gasteiger partial charge in [0.25, 0.3) is 6.43 Å². The van der Waals surface area contributed by atoms with Gasteiger partial charge in [0.2, 0.25) is 0 Å². The molecule has 3 aromatic heterocycles. The third-order valence-corrected chi connectivity index (χ3v) is 10.7. The topological polar surface area (TPSA) is 85.9 Å². The third-order valence-electron chi connectivity index (χ3n) is 8.58. The van der Waals surface area contributed by atoms with Gasteiger partial charge in [-0.25, -0.2) is 26.4 Å². The number of benzene rings is 1. The number of halogens is 6. The minimum Gasteiger partial charge on any atom is -0.291 e. The molecule has 8 nitrogen and oxygen atoms in total. The van der Waals surface area contributed by atoms with E-state index in [0.29, 0.717) is 28.6 Å². The summed E-state index contributed by atoms with van der Waals surface area (Å²) in [5.41, 5.74) is -0.762. The van der Waals surface area contributed by atoms with Gasteiger partial charge in [-0.2, -0.15) is 23.4 Å². The highest BCUT2D eigenvalue weighted by atomic mass is 32.2. The number of aryl methyl sites for hydroxylation is 1. The predicted molar refractivity (Wildman–Crippen MR) is 158 cm³/mol. The summed E-state index contributed by atoms with van der Waals surface area (Å²) in [5.74, 6) is 2.63. The molecule has 2 aliphatic rings. The van der Waals surface area contributed by atoms with Crippen LogP contribution in [0.1, 0.15) is 46.6 Å². The first kappa shape index (κ1) is 31.7. The molecule has 0 bridgehead atoms. The highest BCUT2D eigenvalue weighted by Gasteiger charge is 2.52. The van der Waals surface area contributed by atoms with Crippen LogP contribution in [0.2, 0.25) is 0 Å². The molecule has 3 atom stereocenters. The van der Waals surface area contributed by atoms with Crippen LogP contribution in [-0.2, 0) is 29.4 Å². The lowest BCUT2D eigenvalue weighted by Crippen LogP contribution is -2.51. The fourth-order valence-electron chi connectivity index (χ4n) is 6.42. The molecule has 0 saturated heterocycles. The van der Waals surface area contributed by atoms with E-state index in [-0.39, 0.29) is 30.7 Å². The molecule has 2 aliphatic carbocycles. The van der Waals surface area contributed by atoms with Crippen LogP contribution in [0.15, 0.2) is 71.7 Å². The van der Waals surface area contributed by atoms with Crippen molar-refractivity contribution in [2.24, 2.45) is 12.5 Å². The number of carbonyl (C=O) groups is 1. The van der Waals surface area contributed by atoms with Gasteiger partial charge in [-0.15, -0.1) is 0 Å². The standard InChI is InChI=1S/C31H28F6N6O2S/c1-41-12-10-28(40-41)46(2,45)42(18-27(33)34)24-6-3-20-14-26-19(17-39-43(26)23-7-4-22(32)5-8-23)15-30(20,16-24)29(44)25-13-21(9-11-38-25)31(35,36)37/h4-5,7-14,17,24,27H,2-3,6,15-16,18H2,1H3/t24-,30-,46?/m0/s1. The van der Waals surface area contributed by atoms with Crippen molar-refractivity contribution in [3.05, 3.63) is 95.0 Å². The molecule has 3 heterocycles. The van der Waals surface area contributed by atoms with Gasteiger partial charge in [-0.3, -0.25) is 14.5 Å². The second kappa shape index (κ2) is 11.5. The SMILES string of the molecule is C=S(=O)(c1ccn(C)n1)N(CC(F)F)[C@H]1CCC2=Cc3c(cnn3-c3ccc(F)cc3)C[C@]2(C(=O)c2cc(C(F)(F)F)ccn2)C1. The number of rotatable bonds is 8. The van der Waals surface area contributed by atoms with Crippen molar-refractivity contribution in [2.75, 3.05) is 6.54 Å². The van der Waals surface area contributed by atoms with Crippen molar-refractivity contribution in [2.45, 2.75) is 49.4 Å². The summed E-state index contributed by atoms with van der Waals surface area (Å²) in [7, 11) is -1.99. The fraction of sp³-hybridized carbons (Fsp3) is 0.323. The number of pyridine rings is 1. The molecule has 1 saturated carbocycles. The molecule has 46 heavy (non-hydrogen) atoms. The van der Waals surface area contributed by atoms with Gasteiger partial charge in [0.05, 0.1) is 44.8 Å². The van der Waals surface area contributed by atoms with E-state index in [2.05, 4.69) is 21.1 Å². The first-order valence-electron chi connectivity index (χ1n) is 14.2. The van der Waals surface area contributed by atoms with Crippen LogP contribution in [0.25, 0.3) is 11.8 Å². The van der Waals surface area contributed by atoms with Gasteiger partial charge in [0, 0.05) is 25.5 Å². The molecule has 0 aliphatic heterocycles. The number of alkyl halides is 5. The number of allylic oxidation sites excluding steroid dienone is 1. The lowest BCUT2D eigenvalue weighted by Gasteiger charge is -2.47. The Kier molecular flexibility index (Phi) is 7.95. The zero-order valence-electron chi connectivity index (χ0n) is 24.4. The minimum atomic E-state index is -4.74. The number of aromatic nitrogens is 5. The quantitative estimate of drug-likeness (QED) is 0.136. The molecule has 0 radical (unpaired) electrons. The Bertz CT molecular complexity index is 1930. The van der Waals surface area contributed by atoms with E-state index in [1.165, 1.54) is 47.4 Å². The van der Waals surface area contributed by atoms with E-state index in [1.807, 2.05) is 0 Å². The number of ketones is 1. The molecule has 4 aromatic rings. The number of carbonyl (C=O) groups excluding carboxylic acids is 1. The maximum atomic E-state index is 14.5. The van der Waals surface area contributed by atoms with E-state index in [0.717, 1.165) is 16.6 Å². The van der Waals surface area contributed by atoms with Crippen LogP contribution < -0.4 is 0 Å². The Labute approximate surface area is 260 Å². The molecule has 0 spiro atoms. The van der Waals surface area contributed by atoms with E-state index >= 15 is 0 Å². The van der Waals surface area contributed by atoms with Gasteiger partial charge in [-0.05, 0) is 85.7 Å². The van der Waals surface area contributed by atoms with Crippen molar-refractivity contribution in [1.82, 2.24) is 28.9 Å². The lowest BCUT2D eigenvalue weighted by molar-refractivity contribution is -0.137. The lowest BCUT2D eigenvalue weighted by atomic mass is 9.60. The van der Waals surface area contributed by atoms with E-state index < -0.39 is 63.2 Å². The Hall–Kier alpha value is -4.24. The average Bonchev–Trinajstić information content (AvgIpc) is 3.64. The molecule has 1 fully saturated rings. The van der Waals surface area contributed by atoms with Crippen LogP contribution in [0.4, 0.5) is 26.3 Å². The largest absolute Gasteiger partial charge is 0.416 e. The molecule has 0 N–H and O–H groups in total. The van der Waals surface area contributed by atoms with Crippen molar-refractivity contribution in [3.63, 3.8) is 0 Å². The fourth-order valence-corrected chi connectivity index (χ4v) is 8.21. The summed E-state index contributed by atoms with van der Waals surface area (Å²) in [6.07, 6.45) is -1.81. The summed E-state index contributed by atoms with van der Waals surface area (Å²) in [4.78, 5) is 18.5. The number of fused-ring (bicyclic) bond motifs is 2. The Morgan fingerprint density at radius 1 is 1.20 bits per heavy atom. The van der Waals surface area contributed by atoms with E-state index in [4.69, 9.17) is 0 Å². The van der Waals surface area contributed by atoms with Crippen LogP contribution in [0.3, 0.4) is 0 Å². The number of hydrogen-bond donors (Lipinski definition) is 0. The summed E-state index contributed by atoms with van der Waals surface area (Å²) in [5, 5.41) is 8.58. The smallest absolute Gasteiger partial charge is 0.291 e. The van der Waals surface area contributed by atoms with E-state index in [9.17, 15) is 35.3 Å². The molecule has 242 valence electrons. The van der Waals surface area contributed by atoms with Gasteiger partial charge < -0.3 is 0 Å². The summed E-state index contributed by atoms with van der Waals surface area (Å²) < 4.78 is 101. The van der Waals surface area contributed by atoms with Crippen LogP contribution in [-0.4, -0.2) is 63.7 Å². The van der Waals surface area contributed by atoms with Crippen molar-refractivity contribution in [3.8, 4) is 5.69 Å². The monoisotopic (exact) mass is 662 g/mol. The zero-order chi connectivity index (χ0) is 33.0. The van der Waals surface area contributed by atoms with Crippen molar-refractivity contribution < 1.29 is 35.3 Å². The highest BCUT2D eigenvalue weighted by molar-refractivity contribution is 7.98. The van der Waals surface area contributed by atoms with Crippen molar-refractivity contribution >= 4 is 27.4 Å². The number of hydrogen-bond acceptors (Lipinski definition) is 5.